The Hall–Kier alpha value is -2.56. The molecular formula is C22H22ClN3O5S2. The molecule has 1 aromatic heterocycles. The van der Waals surface area contributed by atoms with E-state index >= 15 is 0 Å². The molecule has 1 fully saturated rings. The van der Waals surface area contributed by atoms with Crippen LogP contribution in [0.3, 0.4) is 0 Å². The summed E-state index contributed by atoms with van der Waals surface area (Å²) in [7, 11) is -3.10. The number of hydrogen-bond acceptors (Lipinski definition) is 7. The summed E-state index contributed by atoms with van der Waals surface area (Å²) in [5.74, 6) is -1.13. The van der Waals surface area contributed by atoms with Crippen LogP contribution in [0.1, 0.15) is 12.0 Å². The molecule has 8 nitrogen and oxygen atoms in total. The number of carbonyl (C=O) groups is 2. The molecule has 1 aliphatic rings. The molecule has 2 heterocycles. The van der Waals surface area contributed by atoms with Gasteiger partial charge >= 0.3 is 5.97 Å². The number of amides is 1. The van der Waals surface area contributed by atoms with Crippen LogP contribution in [0.5, 0.6) is 0 Å². The van der Waals surface area contributed by atoms with Crippen LogP contribution in [0, 0.1) is 0 Å². The van der Waals surface area contributed by atoms with E-state index in [1.807, 2.05) is 41.0 Å². The number of nitrogens with one attached hydrogen (secondary N) is 1. The van der Waals surface area contributed by atoms with E-state index in [0.29, 0.717) is 23.1 Å². The van der Waals surface area contributed by atoms with Crippen molar-refractivity contribution in [2.75, 3.05) is 23.9 Å². The molecule has 0 unspecified atom stereocenters. The molecule has 0 saturated carbocycles. The number of nitrogens with zero attached hydrogens (tertiary/aromatic N) is 2. The highest BCUT2D eigenvalue weighted by Gasteiger charge is 2.29. The standard InChI is InChI=1S/C22H22ClN3O5S2/c23-16-6-7-19-18(10-16)25-22(26(19)11-15-4-2-1-3-5-15)32-13-21(28)31-12-20(27)24-17-8-9-33(29,30)14-17/h1-7,10,17H,8-9,11-14H2,(H,24,27)/t17-/m0/s1. The van der Waals surface area contributed by atoms with Gasteiger partial charge in [0.1, 0.15) is 0 Å². The molecule has 3 aromatic rings. The van der Waals surface area contributed by atoms with Crippen molar-refractivity contribution in [3.05, 3.63) is 59.1 Å². The third-order valence-corrected chi connectivity index (χ3v) is 8.09. The lowest BCUT2D eigenvalue weighted by Gasteiger charge is -2.11. The average Bonchev–Trinajstić information content (AvgIpc) is 3.29. The van der Waals surface area contributed by atoms with Crippen molar-refractivity contribution in [3.63, 3.8) is 0 Å². The van der Waals surface area contributed by atoms with Crippen molar-refractivity contribution in [3.8, 4) is 0 Å². The van der Waals surface area contributed by atoms with Crippen LogP contribution < -0.4 is 5.32 Å². The zero-order valence-corrected chi connectivity index (χ0v) is 20.0. The van der Waals surface area contributed by atoms with E-state index in [1.165, 1.54) is 11.8 Å². The minimum Gasteiger partial charge on any atom is -0.455 e. The van der Waals surface area contributed by atoms with Crippen molar-refractivity contribution < 1.29 is 22.7 Å². The van der Waals surface area contributed by atoms with Gasteiger partial charge in [-0.1, -0.05) is 53.7 Å². The highest BCUT2D eigenvalue weighted by Crippen LogP contribution is 2.27. The molecule has 174 valence electrons. The van der Waals surface area contributed by atoms with Crippen LogP contribution in [0.15, 0.2) is 53.7 Å². The molecule has 1 saturated heterocycles. The first-order chi connectivity index (χ1) is 15.8. The molecule has 0 bridgehead atoms. The third-order valence-electron chi connectivity index (χ3n) is 5.14. The minimum absolute atomic E-state index is 0.0308. The Labute approximate surface area is 200 Å². The molecule has 4 rings (SSSR count). The first-order valence-corrected chi connectivity index (χ1v) is 13.5. The summed E-state index contributed by atoms with van der Waals surface area (Å²) in [6.45, 7) is 0.120. The molecule has 1 aliphatic heterocycles. The molecule has 0 radical (unpaired) electrons. The van der Waals surface area contributed by atoms with Crippen LogP contribution >= 0.6 is 23.4 Å². The first kappa shape index (κ1) is 23.6. The second kappa shape index (κ2) is 10.1. The molecule has 0 spiro atoms. The number of carbonyl (C=O) groups excluding carboxylic acids is 2. The normalized spacial score (nSPS) is 17.2. The number of benzene rings is 2. The molecule has 33 heavy (non-hydrogen) atoms. The van der Waals surface area contributed by atoms with Gasteiger partial charge in [0.15, 0.2) is 21.6 Å². The lowest BCUT2D eigenvalue weighted by atomic mass is 10.2. The van der Waals surface area contributed by atoms with Crippen molar-refractivity contribution in [2.45, 2.75) is 24.2 Å². The maximum atomic E-state index is 12.2. The van der Waals surface area contributed by atoms with Crippen LogP contribution in [-0.4, -0.2) is 59.8 Å². The van der Waals surface area contributed by atoms with Gasteiger partial charge in [0, 0.05) is 11.1 Å². The predicted molar refractivity (Wildman–Crippen MR) is 127 cm³/mol. The SMILES string of the molecule is O=C(COC(=O)CSc1nc2cc(Cl)ccc2n1Cc1ccccc1)N[C@H]1CCS(=O)(=O)C1. The lowest BCUT2D eigenvalue weighted by molar-refractivity contribution is -0.146. The number of rotatable bonds is 8. The van der Waals surface area contributed by atoms with Gasteiger partial charge in [-0.2, -0.15) is 0 Å². The van der Waals surface area contributed by atoms with E-state index in [4.69, 9.17) is 16.3 Å². The third kappa shape index (κ3) is 6.27. The zero-order chi connectivity index (χ0) is 23.4. The van der Waals surface area contributed by atoms with E-state index in [2.05, 4.69) is 10.3 Å². The van der Waals surface area contributed by atoms with Gasteiger partial charge in [0.2, 0.25) is 0 Å². The number of ether oxygens (including phenoxy) is 1. The summed E-state index contributed by atoms with van der Waals surface area (Å²) in [4.78, 5) is 28.8. The summed E-state index contributed by atoms with van der Waals surface area (Å²) in [5, 5.41) is 3.80. The summed E-state index contributed by atoms with van der Waals surface area (Å²) in [6.07, 6.45) is 0.375. The fourth-order valence-corrected chi connectivity index (χ4v) is 6.25. The van der Waals surface area contributed by atoms with Crippen LogP contribution in [-0.2, 0) is 30.7 Å². The Kier molecular flexibility index (Phi) is 7.26. The highest BCUT2D eigenvalue weighted by molar-refractivity contribution is 7.99. The smallest absolute Gasteiger partial charge is 0.316 e. The first-order valence-electron chi connectivity index (χ1n) is 10.3. The number of sulfone groups is 1. The number of imidazole rings is 1. The van der Waals surface area contributed by atoms with Crippen LogP contribution in [0.25, 0.3) is 11.0 Å². The summed E-state index contributed by atoms with van der Waals surface area (Å²) >= 11 is 7.33. The maximum absolute atomic E-state index is 12.2. The minimum atomic E-state index is -3.10. The fourth-order valence-electron chi connectivity index (χ4n) is 3.60. The Bertz CT molecular complexity index is 1280. The Balaban J connectivity index is 1.36. The molecule has 11 heteroatoms. The van der Waals surface area contributed by atoms with Crippen LogP contribution in [0.4, 0.5) is 0 Å². The van der Waals surface area contributed by atoms with E-state index in [1.54, 1.807) is 12.1 Å². The van der Waals surface area contributed by atoms with E-state index in [9.17, 15) is 18.0 Å². The van der Waals surface area contributed by atoms with E-state index < -0.39 is 34.4 Å². The molecule has 0 aliphatic carbocycles. The predicted octanol–water partition coefficient (Wildman–Crippen LogP) is 2.68. The monoisotopic (exact) mass is 507 g/mol. The molecule has 1 atom stereocenters. The van der Waals surface area contributed by atoms with Crippen molar-refractivity contribution in [1.82, 2.24) is 14.9 Å². The van der Waals surface area contributed by atoms with Gasteiger partial charge in [0.25, 0.3) is 5.91 Å². The average molecular weight is 508 g/mol. The number of esters is 1. The van der Waals surface area contributed by atoms with Gasteiger partial charge in [-0.3, -0.25) is 9.59 Å². The van der Waals surface area contributed by atoms with Gasteiger partial charge in [0.05, 0.1) is 34.8 Å². The summed E-state index contributed by atoms with van der Waals surface area (Å²) in [5.41, 5.74) is 2.70. The maximum Gasteiger partial charge on any atom is 0.316 e. The van der Waals surface area contributed by atoms with Gasteiger partial charge in [-0.25, -0.2) is 13.4 Å². The largest absolute Gasteiger partial charge is 0.455 e. The highest BCUT2D eigenvalue weighted by atomic mass is 35.5. The summed E-state index contributed by atoms with van der Waals surface area (Å²) < 4.78 is 30.0. The number of fused-ring (bicyclic) bond motifs is 1. The second-order valence-corrected chi connectivity index (χ2v) is 11.3. The lowest BCUT2D eigenvalue weighted by Crippen LogP contribution is -2.38. The van der Waals surface area contributed by atoms with E-state index in [-0.39, 0.29) is 17.3 Å². The number of thioether (sulfide) groups is 1. The van der Waals surface area contributed by atoms with E-state index in [0.717, 1.165) is 16.6 Å². The molecular weight excluding hydrogens is 486 g/mol. The van der Waals surface area contributed by atoms with Gasteiger partial charge < -0.3 is 14.6 Å². The number of aromatic nitrogens is 2. The topological polar surface area (TPSA) is 107 Å². The van der Waals surface area contributed by atoms with Crippen molar-refractivity contribution >= 4 is 56.1 Å². The van der Waals surface area contributed by atoms with Crippen molar-refractivity contribution in [2.24, 2.45) is 0 Å². The fraction of sp³-hybridized carbons (Fsp3) is 0.318. The number of halogens is 1. The van der Waals surface area contributed by atoms with Gasteiger partial charge in [-0.05, 0) is 30.2 Å². The van der Waals surface area contributed by atoms with Gasteiger partial charge in [-0.15, -0.1) is 0 Å². The Morgan fingerprint density at radius 1 is 1.21 bits per heavy atom. The molecule has 1 amide bonds. The number of hydrogen-bond donors (Lipinski definition) is 1. The molecule has 2 aromatic carbocycles. The Morgan fingerprint density at radius 2 is 2.00 bits per heavy atom. The molecule has 1 N–H and O–H groups in total. The quantitative estimate of drug-likeness (QED) is 0.369. The zero-order valence-electron chi connectivity index (χ0n) is 17.6. The second-order valence-electron chi connectivity index (χ2n) is 7.72. The van der Waals surface area contributed by atoms with Crippen molar-refractivity contribution in [1.29, 1.82) is 0 Å². The summed E-state index contributed by atoms with van der Waals surface area (Å²) in [6, 6.07) is 14.9. The van der Waals surface area contributed by atoms with Crippen LogP contribution in [0.2, 0.25) is 5.02 Å². The Morgan fingerprint density at radius 3 is 2.73 bits per heavy atom.